The first-order valence-corrected chi connectivity index (χ1v) is 16.9. The van der Waals surface area contributed by atoms with Crippen LogP contribution in [0, 0.1) is 0 Å². The maximum atomic E-state index is 6.45. The molecule has 1 saturated carbocycles. The Balaban J connectivity index is 1.10. The van der Waals surface area contributed by atoms with Gasteiger partial charge in [0.2, 0.25) is 0 Å². The van der Waals surface area contributed by atoms with E-state index in [0.29, 0.717) is 24.4 Å². The number of aromatic nitrogens is 5. The summed E-state index contributed by atoms with van der Waals surface area (Å²) in [6.07, 6.45) is 7.02. The highest BCUT2D eigenvalue weighted by Crippen LogP contribution is 2.38. The van der Waals surface area contributed by atoms with Gasteiger partial charge >= 0.3 is 0 Å². The van der Waals surface area contributed by atoms with Gasteiger partial charge in [0.15, 0.2) is 10.8 Å². The minimum absolute atomic E-state index is 0.304. The number of nitrogens with one attached hydrogen (secondary N) is 1. The van der Waals surface area contributed by atoms with Gasteiger partial charge in [0.1, 0.15) is 17.8 Å². The van der Waals surface area contributed by atoms with Crippen molar-refractivity contribution < 1.29 is 0 Å². The predicted molar refractivity (Wildman–Crippen MR) is 184 cm³/mol. The van der Waals surface area contributed by atoms with Gasteiger partial charge < -0.3 is 21.7 Å². The zero-order valence-corrected chi connectivity index (χ0v) is 26.9. The molecule has 1 aliphatic heterocycles. The minimum Gasteiger partial charge on any atom is -0.383 e. The number of nitrogens with two attached hydrogens (primary N) is 2. The highest BCUT2D eigenvalue weighted by Gasteiger charge is 2.30. The predicted octanol–water partition coefficient (Wildman–Crippen LogP) is 5.69. The SMILES string of the molecule is CCc1sc(Nc2ccc(-c3nn(C4CCC(N5CCN(C)CC5)CC4)c4ncnc(N)c34)cc2)nc1-c1ccc(CN)cc1. The van der Waals surface area contributed by atoms with Crippen LogP contribution in [-0.4, -0.2) is 73.8 Å². The zero-order chi connectivity index (χ0) is 30.9. The lowest BCUT2D eigenvalue weighted by Gasteiger charge is -2.41. The molecule has 3 aromatic heterocycles. The van der Waals surface area contributed by atoms with Crippen LogP contribution in [0.3, 0.4) is 0 Å². The van der Waals surface area contributed by atoms with E-state index < -0.39 is 0 Å². The van der Waals surface area contributed by atoms with E-state index in [0.717, 1.165) is 82.3 Å². The molecular weight excluding hydrogens is 581 g/mol. The van der Waals surface area contributed by atoms with Crippen LogP contribution in [0.25, 0.3) is 33.5 Å². The molecule has 0 amide bonds. The third-order valence-corrected chi connectivity index (χ3v) is 10.6. The summed E-state index contributed by atoms with van der Waals surface area (Å²) in [5.41, 5.74) is 19.1. The number of anilines is 3. The van der Waals surface area contributed by atoms with Crippen molar-refractivity contribution in [2.75, 3.05) is 44.3 Å². The fourth-order valence-corrected chi connectivity index (χ4v) is 7.75. The monoisotopic (exact) mass is 622 g/mol. The molecule has 2 aliphatic rings. The molecule has 45 heavy (non-hydrogen) atoms. The number of hydrogen-bond donors (Lipinski definition) is 3. The van der Waals surface area contributed by atoms with E-state index in [9.17, 15) is 0 Å². The van der Waals surface area contributed by atoms with Crippen molar-refractivity contribution in [3.63, 3.8) is 0 Å². The number of aryl methyl sites for hydroxylation is 1. The molecule has 11 heteroatoms. The Morgan fingerprint density at radius 2 is 1.53 bits per heavy atom. The summed E-state index contributed by atoms with van der Waals surface area (Å²) in [5.74, 6) is 0.469. The quantitative estimate of drug-likeness (QED) is 0.200. The van der Waals surface area contributed by atoms with E-state index in [2.05, 4.69) is 92.3 Å². The van der Waals surface area contributed by atoms with Gasteiger partial charge in [-0.15, -0.1) is 11.3 Å². The van der Waals surface area contributed by atoms with Crippen molar-refractivity contribution in [2.24, 2.45) is 5.73 Å². The number of thiazole rings is 1. The Kier molecular flexibility index (Phi) is 8.50. The van der Waals surface area contributed by atoms with Gasteiger partial charge in [-0.1, -0.05) is 43.3 Å². The molecule has 0 bridgehead atoms. The highest BCUT2D eigenvalue weighted by molar-refractivity contribution is 7.16. The molecule has 0 atom stereocenters. The van der Waals surface area contributed by atoms with E-state index in [1.165, 1.54) is 30.8 Å². The summed E-state index contributed by atoms with van der Waals surface area (Å²) < 4.78 is 2.12. The summed E-state index contributed by atoms with van der Waals surface area (Å²) >= 11 is 1.69. The normalized spacial score (nSPS) is 19.7. The molecule has 234 valence electrons. The molecule has 1 aliphatic carbocycles. The Morgan fingerprint density at radius 3 is 2.22 bits per heavy atom. The maximum absolute atomic E-state index is 6.45. The number of benzene rings is 2. The largest absolute Gasteiger partial charge is 0.383 e. The van der Waals surface area contributed by atoms with Crippen molar-refractivity contribution >= 4 is 39.0 Å². The Hall–Kier alpha value is -3.90. The van der Waals surface area contributed by atoms with E-state index in [4.69, 9.17) is 21.5 Å². The lowest BCUT2D eigenvalue weighted by Crippen LogP contribution is -2.49. The van der Waals surface area contributed by atoms with Crippen molar-refractivity contribution in [3.8, 4) is 22.5 Å². The first kappa shape index (κ1) is 29.8. The summed E-state index contributed by atoms with van der Waals surface area (Å²) in [5, 5.41) is 10.4. The maximum Gasteiger partial charge on any atom is 0.187 e. The lowest BCUT2D eigenvalue weighted by atomic mass is 9.90. The summed E-state index contributed by atoms with van der Waals surface area (Å²) in [6, 6.07) is 17.6. The van der Waals surface area contributed by atoms with Crippen LogP contribution >= 0.6 is 11.3 Å². The molecule has 0 unspecified atom stereocenters. The summed E-state index contributed by atoms with van der Waals surface area (Å²) in [7, 11) is 2.22. The molecule has 0 spiro atoms. The number of fused-ring (bicyclic) bond motifs is 1. The molecule has 7 rings (SSSR count). The molecule has 5 aromatic rings. The molecule has 0 radical (unpaired) electrons. The van der Waals surface area contributed by atoms with E-state index in [1.54, 1.807) is 17.7 Å². The van der Waals surface area contributed by atoms with Crippen LogP contribution < -0.4 is 16.8 Å². The van der Waals surface area contributed by atoms with Crippen LogP contribution in [-0.2, 0) is 13.0 Å². The molecule has 2 fully saturated rings. The second kappa shape index (κ2) is 12.8. The Labute approximate surface area is 268 Å². The van der Waals surface area contributed by atoms with Crippen LogP contribution in [0.15, 0.2) is 54.9 Å². The Morgan fingerprint density at radius 1 is 0.867 bits per heavy atom. The van der Waals surface area contributed by atoms with Crippen LogP contribution in [0.5, 0.6) is 0 Å². The zero-order valence-electron chi connectivity index (χ0n) is 26.1. The fraction of sp³-hybridized carbons (Fsp3) is 0.412. The van der Waals surface area contributed by atoms with Gasteiger partial charge in [0, 0.05) is 60.5 Å². The second-order valence-corrected chi connectivity index (χ2v) is 13.4. The van der Waals surface area contributed by atoms with E-state index in [1.807, 2.05) is 0 Å². The van der Waals surface area contributed by atoms with Gasteiger partial charge in [0.25, 0.3) is 0 Å². The smallest absolute Gasteiger partial charge is 0.187 e. The molecular formula is C34H42N10S. The van der Waals surface area contributed by atoms with Gasteiger partial charge in [-0.05, 0) is 56.8 Å². The average Bonchev–Trinajstić information content (AvgIpc) is 3.68. The number of nitrogens with zero attached hydrogens (tertiary/aromatic N) is 7. The number of hydrogen-bond acceptors (Lipinski definition) is 10. The first-order valence-electron chi connectivity index (χ1n) is 16.1. The van der Waals surface area contributed by atoms with Crippen LogP contribution in [0.2, 0.25) is 0 Å². The summed E-state index contributed by atoms with van der Waals surface area (Å²) in [4.78, 5) is 20.3. The van der Waals surface area contributed by atoms with Crippen molar-refractivity contribution in [1.82, 2.24) is 34.5 Å². The molecule has 2 aromatic carbocycles. The van der Waals surface area contributed by atoms with E-state index in [-0.39, 0.29) is 0 Å². The van der Waals surface area contributed by atoms with Crippen molar-refractivity contribution in [2.45, 2.75) is 57.7 Å². The Bertz CT molecular complexity index is 1740. The lowest BCUT2D eigenvalue weighted by molar-refractivity contribution is 0.0815. The van der Waals surface area contributed by atoms with Crippen LogP contribution in [0.4, 0.5) is 16.6 Å². The van der Waals surface area contributed by atoms with Crippen molar-refractivity contribution in [3.05, 3.63) is 65.3 Å². The fourth-order valence-electron chi connectivity index (χ4n) is 6.81. The standard InChI is InChI=1S/C34H42N10S/c1-3-28-30(23-6-4-22(20-35)5-7-23)40-34(45-28)39-25-10-8-24(9-11-25)31-29-32(36)37-21-38-33(29)44(41-31)27-14-12-26(13-15-27)43-18-16-42(2)17-19-43/h4-11,21,26-27H,3,12-20,35H2,1-2H3,(H,39,40)(H2,36,37,38). The number of rotatable bonds is 8. The second-order valence-electron chi connectivity index (χ2n) is 12.3. The van der Waals surface area contributed by atoms with E-state index >= 15 is 0 Å². The molecule has 5 N–H and O–H groups in total. The molecule has 10 nitrogen and oxygen atoms in total. The van der Waals surface area contributed by atoms with Gasteiger partial charge in [-0.25, -0.2) is 19.6 Å². The van der Waals surface area contributed by atoms with Crippen molar-refractivity contribution in [1.29, 1.82) is 0 Å². The van der Waals surface area contributed by atoms with Gasteiger partial charge in [0.05, 0.1) is 17.1 Å². The topological polar surface area (TPSA) is 127 Å². The molecule has 4 heterocycles. The number of piperazine rings is 1. The highest BCUT2D eigenvalue weighted by atomic mass is 32.1. The summed E-state index contributed by atoms with van der Waals surface area (Å²) in [6.45, 7) is 7.36. The third kappa shape index (κ3) is 6.05. The minimum atomic E-state index is 0.304. The number of nitrogen functional groups attached to an aromatic ring is 1. The number of likely N-dealkylation sites (N-methyl/N-ethyl adjacent to an activating group) is 1. The molecule has 1 saturated heterocycles. The first-order chi connectivity index (χ1) is 22.0. The third-order valence-electron chi connectivity index (χ3n) is 9.48. The van der Waals surface area contributed by atoms with Gasteiger partial charge in [-0.2, -0.15) is 5.10 Å². The average molecular weight is 623 g/mol. The van der Waals surface area contributed by atoms with Gasteiger partial charge in [-0.3, -0.25) is 4.90 Å². The van der Waals surface area contributed by atoms with Crippen LogP contribution in [0.1, 0.15) is 49.1 Å².